The summed E-state index contributed by atoms with van der Waals surface area (Å²) >= 11 is 2.99. The average Bonchev–Trinajstić information content (AvgIpc) is 3.42. The lowest BCUT2D eigenvalue weighted by atomic mass is 10.2. The van der Waals surface area contributed by atoms with E-state index in [0.29, 0.717) is 16.5 Å². The number of thioether (sulfide) groups is 1. The molecule has 0 aliphatic carbocycles. The summed E-state index contributed by atoms with van der Waals surface area (Å²) in [6, 6.07) is 15.1. The lowest BCUT2D eigenvalue weighted by molar-refractivity contribution is 0.102. The molecule has 1 amide bonds. The lowest BCUT2D eigenvalue weighted by Crippen LogP contribution is -2.26. The first kappa shape index (κ1) is 21.6. The zero-order valence-electron chi connectivity index (χ0n) is 16.7. The van der Waals surface area contributed by atoms with E-state index in [0.717, 1.165) is 15.1 Å². The van der Waals surface area contributed by atoms with Crippen LogP contribution in [0.4, 0.5) is 5.13 Å². The highest BCUT2D eigenvalue weighted by atomic mass is 32.2. The van der Waals surface area contributed by atoms with Crippen LogP contribution >= 0.6 is 23.1 Å². The molecule has 4 rings (SSSR count). The van der Waals surface area contributed by atoms with Gasteiger partial charge in [-0.05, 0) is 54.8 Å². The number of thiazole rings is 1. The number of nitrogens with zero attached hydrogens (tertiary/aromatic N) is 2. The third kappa shape index (κ3) is 4.52. The molecule has 2 aromatic heterocycles. The predicted molar refractivity (Wildman–Crippen MR) is 123 cm³/mol. The molecule has 0 fully saturated rings. The van der Waals surface area contributed by atoms with Crippen molar-refractivity contribution in [1.82, 2.24) is 9.29 Å². The first-order valence-electron chi connectivity index (χ1n) is 9.22. The Bertz CT molecular complexity index is 1310. The molecule has 0 unspecified atom stereocenters. The number of nitrogens with one attached hydrogen (secondary N) is 1. The number of anilines is 1. The molecule has 0 radical (unpaired) electrons. The van der Waals surface area contributed by atoms with E-state index in [1.54, 1.807) is 23.9 Å². The molecule has 10 heteroatoms. The standard InChI is InChI=1S/C21H19N3O4S3/c1-24(13-15-5-4-12-28-15)31(26,27)16-10-8-14(9-11-16)20(25)23-21-22-19-17(29-2)6-3-7-18(19)30-21/h3-12H,13H2,1-2H3,(H,22,23,25). The summed E-state index contributed by atoms with van der Waals surface area (Å²) in [6.45, 7) is 0.118. The van der Waals surface area contributed by atoms with Gasteiger partial charge in [0.2, 0.25) is 10.0 Å². The molecule has 0 spiro atoms. The van der Waals surface area contributed by atoms with Gasteiger partial charge in [0.1, 0.15) is 5.76 Å². The second-order valence-corrected chi connectivity index (χ2v) is 10.6. The van der Waals surface area contributed by atoms with Crippen LogP contribution in [0.15, 0.2) is 75.1 Å². The van der Waals surface area contributed by atoms with Gasteiger partial charge >= 0.3 is 0 Å². The Morgan fingerprint density at radius 2 is 1.94 bits per heavy atom. The zero-order chi connectivity index (χ0) is 22.0. The third-order valence-electron chi connectivity index (χ3n) is 4.61. The minimum atomic E-state index is -3.71. The van der Waals surface area contributed by atoms with Crippen molar-refractivity contribution in [3.05, 3.63) is 72.2 Å². The molecule has 2 aromatic carbocycles. The van der Waals surface area contributed by atoms with Crippen molar-refractivity contribution in [2.75, 3.05) is 18.6 Å². The molecule has 1 N–H and O–H groups in total. The van der Waals surface area contributed by atoms with Gasteiger partial charge in [0.25, 0.3) is 5.91 Å². The normalized spacial score (nSPS) is 11.8. The van der Waals surface area contributed by atoms with E-state index >= 15 is 0 Å². The van der Waals surface area contributed by atoms with Gasteiger partial charge in [-0.3, -0.25) is 10.1 Å². The predicted octanol–water partition coefficient (Wildman–Crippen LogP) is 4.68. The van der Waals surface area contributed by atoms with E-state index in [1.165, 1.54) is 53.2 Å². The summed E-state index contributed by atoms with van der Waals surface area (Å²) < 4.78 is 32.9. The smallest absolute Gasteiger partial charge is 0.257 e. The Labute approximate surface area is 188 Å². The van der Waals surface area contributed by atoms with Crippen LogP contribution in [0, 0.1) is 0 Å². The minimum Gasteiger partial charge on any atom is -0.468 e. The highest BCUT2D eigenvalue weighted by Crippen LogP contribution is 2.32. The maximum atomic E-state index is 12.8. The van der Waals surface area contributed by atoms with E-state index in [-0.39, 0.29) is 17.3 Å². The van der Waals surface area contributed by atoms with Crippen LogP contribution in [0.2, 0.25) is 0 Å². The quantitative estimate of drug-likeness (QED) is 0.392. The van der Waals surface area contributed by atoms with Crippen molar-refractivity contribution in [3.63, 3.8) is 0 Å². The molecule has 4 aromatic rings. The summed E-state index contributed by atoms with van der Waals surface area (Å²) in [4.78, 5) is 18.3. The molecule has 0 bridgehead atoms. The molecule has 160 valence electrons. The van der Waals surface area contributed by atoms with Crippen LogP contribution in [0.25, 0.3) is 10.2 Å². The molecule has 0 saturated heterocycles. The number of benzene rings is 2. The van der Waals surface area contributed by atoms with E-state index in [4.69, 9.17) is 4.42 Å². The van der Waals surface area contributed by atoms with Gasteiger partial charge < -0.3 is 4.42 Å². The first-order chi connectivity index (χ1) is 14.9. The fourth-order valence-electron chi connectivity index (χ4n) is 2.98. The number of carbonyl (C=O) groups is 1. The first-order valence-corrected chi connectivity index (χ1v) is 12.7. The van der Waals surface area contributed by atoms with Crippen LogP contribution in [0.1, 0.15) is 16.1 Å². The summed E-state index contributed by atoms with van der Waals surface area (Å²) in [5.74, 6) is 0.195. The van der Waals surface area contributed by atoms with Crippen LogP contribution in [-0.2, 0) is 16.6 Å². The monoisotopic (exact) mass is 473 g/mol. The molecule has 31 heavy (non-hydrogen) atoms. The van der Waals surface area contributed by atoms with Crippen molar-refractivity contribution in [3.8, 4) is 0 Å². The van der Waals surface area contributed by atoms with Gasteiger partial charge in [-0.15, -0.1) is 11.8 Å². The Morgan fingerprint density at radius 3 is 2.61 bits per heavy atom. The average molecular weight is 474 g/mol. The number of carbonyl (C=O) groups excluding carboxylic acids is 1. The molecular weight excluding hydrogens is 454 g/mol. The van der Waals surface area contributed by atoms with Crippen molar-refractivity contribution < 1.29 is 17.6 Å². The Balaban J connectivity index is 1.49. The zero-order valence-corrected chi connectivity index (χ0v) is 19.2. The van der Waals surface area contributed by atoms with Crippen molar-refractivity contribution >= 4 is 54.4 Å². The van der Waals surface area contributed by atoms with Gasteiger partial charge in [-0.2, -0.15) is 4.31 Å². The van der Waals surface area contributed by atoms with Gasteiger partial charge in [0.05, 0.1) is 27.9 Å². The highest BCUT2D eigenvalue weighted by Gasteiger charge is 2.22. The van der Waals surface area contributed by atoms with Crippen molar-refractivity contribution in [2.45, 2.75) is 16.3 Å². The Kier molecular flexibility index (Phi) is 6.15. The molecular formula is C21H19N3O4S3. The number of rotatable bonds is 7. The van der Waals surface area contributed by atoms with Crippen molar-refractivity contribution in [1.29, 1.82) is 0 Å². The van der Waals surface area contributed by atoms with Gasteiger partial charge in [0.15, 0.2) is 5.13 Å². The topological polar surface area (TPSA) is 92.5 Å². The summed E-state index contributed by atoms with van der Waals surface area (Å²) in [5, 5.41) is 3.29. The van der Waals surface area contributed by atoms with Gasteiger partial charge in [0, 0.05) is 17.5 Å². The largest absolute Gasteiger partial charge is 0.468 e. The number of sulfonamides is 1. The molecule has 0 atom stereocenters. The number of fused-ring (bicyclic) bond motifs is 1. The maximum absolute atomic E-state index is 12.8. The molecule has 7 nitrogen and oxygen atoms in total. The number of hydrogen-bond acceptors (Lipinski definition) is 7. The molecule has 0 saturated carbocycles. The summed E-state index contributed by atoms with van der Waals surface area (Å²) in [5.41, 5.74) is 1.20. The number of furan rings is 1. The fourth-order valence-corrected chi connectivity index (χ4v) is 5.63. The van der Waals surface area contributed by atoms with Crippen LogP contribution in [0.5, 0.6) is 0 Å². The second-order valence-electron chi connectivity index (χ2n) is 6.64. The number of hydrogen-bond donors (Lipinski definition) is 1. The lowest BCUT2D eigenvalue weighted by Gasteiger charge is -2.16. The summed E-state index contributed by atoms with van der Waals surface area (Å²) in [6.07, 6.45) is 3.48. The van der Waals surface area contributed by atoms with Gasteiger partial charge in [-0.1, -0.05) is 17.4 Å². The number of amides is 1. The number of para-hydroxylation sites is 1. The number of aromatic nitrogens is 1. The molecule has 0 aliphatic rings. The van der Waals surface area contributed by atoms with Gasteiger partial charge in [-0.25, -0.2) is 13.4 Å². The van der Waals surface area contributed by atoms with E-state index in [9.17, 15) is 13.2 Å². The third-order valence-corrected chi connectivity index (χ3v) is 8.13. The van der Waals surface area contributed by atoms with Crippen LogP contribution in [-0.4, -0.2) is 36.9 Å². The van der Waals surface area contributed by atoms with E-state index in [1.807, 2.05) is 24.5 Å². The summed E-state index contributed by atoms with van der Waals surface area (Å²) in [7, 11) is -2.23. The van der Waals surface area contributed by atoms with E-state index < -0.39 is 10.0 Å². The fraction of sp³-hybridized carbons (Fsp3) is 0.143. The molecule has 0 aliphatic heterocycles. The van der Waals surface area contributed by atoms with E-state index in [2.05, 4.69) is 10.3 Å². The van der Waals surface area contributed by atoms with Crippen LogP contribution in [0.3, 0.4) is 0 Å². The van der Waals surface area contributed by atoms with Crippen LogP contribution < -0.4 is 5.32 Å². The maximum Gasteiger partial charge on any atom is 0.257 e. The highest BCUT2D eigenvalue weighted by molar-refractivity contribution is 7.98. The SMILES string of the molecule is CSc1cccc2sc(NC(=O)c3ccc(S(=O)(=O)N(C)Cc4ccco4)cc3)nc12. The van der Waals surface area contributed by atoms with Crippen molar-refractivity contribution in [2.24, 2.45) is 0 Å². The second kappa shape index (κ2) is 8.83. The Morgan fingerprint density at radius 1 is 1.16 bits per heavy atom. The minimum absolute atomic E-state index is 0.0997. The molecule has 2 heterocycles. The Hall–Kier alpha value is -2.66.